The number of nitrogens with two attached hydrogens (primary N) is 1. The Morgan fingerprint density at radius 2 is 1.86 bits per heavy atom. The van der Waals surface area contributed by atoms with Crippen LogP contribution in [0.15, 0.2) is 0 Å². The fourth-order valence-corrected chi connectivity index (χ4v) is 1.79. The van der Waals surface area contributed by atoms with E-state index in [4.69, 9.17) is 5.73 Å². The third kappa shape index (κ3) is 8.52. The second kappa shape index (κ2) is 6.41. The molecule has 86 valence electrons. The Balaban J connectivity index is 3.97. The summed E-state index contributed by atoms with van der Waals surface area (Å²) in [5.74, 6) is 0.742. The highest BCUT2D eigenvalue weighted by Gasteiger charge is 2.19. The molecule has 0 aliphatic carbocycles. The van der Waals surface area contributed by atoms with Crippen LogP contribution in [0.1, 0.15) is 53.9 Å². The van der Waals surface area contributed by atoms with E-state index in [9.17, 15) is 0 Å². The van der Waals surface area contributed by atoms with Gasteiger partial charge in [-0.15, -0.1) is 0 Å². The van der Waals surface area contributed by atoms with Crippen molar-refractivity contribution in [1.29, 1.82) is 0 Å². The van der Waals surface area contributed by atoms with Crippen LogP contribution in [0.5, 0.6) is 0 Å². The summed E-state index contributed by atoms with van der Waals surface area (Å²) >= 11 is 0. The summed E-state index contributed by atoms with van der Waals surface area (Å²) in [5, 5.41) is 3.58. The first kappa shape index (κ1) is 13.9. The molecule has 0 aromatic rings. The van der Waals surface area contributed by atoms with Crippen LogP contribution in [-0.4, -0.2) is 18.1 Å². The summed E-state index contributed by atoms with van der Waals surface area (Å²) in [6.45, 7) is 12.1. The van der Waals surface area contributed by atoms with Gasteiger partial charge >= 0.3 is 0 Å². The summed E-state index contributed by atoms with van der Waals surface area (Å²) < 4.78 is 0. The average Bonchev–Trinajstić information content (AvgIpc) is 1.96. The predicted octanol–water partition coefficient (Wildman–Crippen LogP) is 2.53. The van der Waals surface area contributed by atoms with E-state index in [1.807, 2.05) is 0 Å². The molecular formula is C12H28N2. The van der Waals surface area contributed by atoms with Crippen molar-refractivity contribution in [3.63, 3.8) is 0 Å². The van der Waals surface area contributed by atoms with Crippen LogP contribution in [-0.2, 0) is 0 Å². The SMILES string of the molecule is CCCNC(CC(C)C)CC(C)(C)N. The first-order valence-electron chi connectivity index (χ1n) is 5.87. The fraction of sp³-hybridized carbons (Fsp3) is 1.00. The lowest BCUT2D eigenvalue weighted by atomic mass is 9.91. The highest BCUT2D eigenvalue weighted by molar-refractivity contribution is 4.81. The van der Waals surface area contributed by atoms with Crippen LogP contribution >= 0.6 is 0 Å². The molecule has 1 atom stereocenters. The third-order valence-electron chi connectivity index (χ3n) is 2.21. The van der Waals surface area contributed by atoms with Gasteiger partial charge in [-0.2, -0.15) is 0 Å². The first-order valence-corrected chi connectivity index (χ1v) is 5.87. The Kier molecular flexibility index (Phi) is 6.38. The normalized spacial score (nSPS) is 14.8. The Labute approximate surface area is 89.6 Å². The van der Waals surface area contributed by atoms with Crippen molar-refractivity contribution in [3.05, 3.63) is 0 Å². The van der Waals surface area contributed by atoms with Gasteiger partial charge in [-0.05, 0) is 45.6 Å². The lowest BCUT2D eigenvalue weighted by Gasteiger charge is -2.28. The third-order valence-corrected chi connectivity index (χ3v) is 2.21. The predicted molar refractivity (Wildman–Crippen MR) is 64.4 cm³/mol. The standard InChI is InChI=1S/C12H28N2/c1-6-7-14-11(8-10(2)3)9-12(4,5)13/h10-11,14H,6-9,13H2,1-5H3. The van der Waals surface area contributed by atoms with Crippen molar-refractivity contribution in [1.82, 2.24) is 5.32 Å². The zero-order valence-electron chi connectivity index (χ0n) is 10.6. The highest BCUT2D eigenvalue weighted by Crippen LogP contribution is 2.14. The quantitative estimate of drug-likeness (QED) is 0.663. The van der Waals surface area contributed by atoms with Gasteiger partial charge in [-0.25, -0.2) is 0 Å². The van der Waals surface area contributed by atoms with E-state index in [1.165, 1.54) is 12.8 Å². The molecule has 0 aliphatic heterocycles. The molecule has 0 saturated carbocycles. The van der Waals surface area contributed by atoms with E-state index in [0.717, 1.165) is 18.9 Å². The van der Waals surface area contributed by atoms with Gasteiger partial charge in [0, 0.05) is 11.6 Å². The molecule has 1 unspecified atom stereocenters. The largest absolute Gasteiger partial charge is 0.326 e. The van der Waals surface area contributed by atoms with Crippen molar-refractivity contribution >= 4 is 0 Å². The molecule has 0 heterocycles. The van der Waals surface area contributed by atoms with Gasteiger partial charge in [0.1, 0.15) is 0 Å². The van der Waals surface area contributed by atoms with Gasteiger partial charge in [0.05, 0.1) is 0 Å². The second-order valence-electron chi connectivity index (χ2n) is 5.47. The lowest BCUT2D eigenvalue weighted by molar-refractivity contribution is 0.331. The maximum absolute atomic E-state index is 6.04. The Bertz CT molecular complexity index is 136. The minimum Gasteiger partial charge on any atom is -0.326 e. The van der Waals surface area contributed by atoms with E-state index in [1.54, 1.807) is 0 Å². The van der Waals surface area contributed by atoms with E-state index in [0.29, 0.717) is 6.04 Å². The monoisotopic (exact) mass is 200 g/mol. The van der Waals surface area contributed by atoms with Gasteiger partial charge in [0.25, 0.3) is 0 Å². The minimum atomic E-state index is -0.0553. The van der Waals surface area contributed by atoms with Crippen molar-refractivity contribution in [2.75, 3.05) is 6.54 Å². The Morgan fingerprint density at radius 3 is 2.21 bits per heavy atom. The van der Waals surface area contributed by atoms with E-state index in [-0.39, 0.29) is 5.54 Å². The summed E-state index contributed by atoms with van der Waals surface area (Å²) in [7, 11) is 0. The van der Waals surface area contributed by atoms with Gasteiger partial charge in [-0.1, -0.05) is 20.8 Å². The molecule has 14 heavy (non-hydrogen) atoms. The average molecular weight is 200 g/mol. The van der Waals surface area contributed by atoms with Gasteiger partial charge < -0.3 is 11.1 Å². The molecular weight excluding hydrogens is 172 g/mol. The van der Waals surface area contributed by atoms with Crippen molar-refractivity contribution < 1.29 is 0 Å². The number of rotatable bonds is 7. The molecule has 2 nitrogen and oxygen atoms in total. The van der Waals surface area contributed by atoms with Crippen LogP contribution in [0, 0.1) is 5.92 Å². The number of hydrogen-bond acceptors (Lipinski definition) is 2. The molecule has 0 aliphatic rings. The maximum atomic E-state index is 6.04. The molecule has 3 N–H and O–H groups in total. The maximum Gasteiger partial charge on any atom is 0.0112 e. The zero-order valence-corrected chi connectivity index (χ0v) is 10.6. The fourth-order valence-electron chi connectivity index (χ4n) is 1.79. The Morgan fingerprint density at radius 1 is 1.29 bits per heavy atom. The van der Waals surface area contributed by atoms with Gasteiger partial charge in [0.2, 0.25) is 0 Å². The minimum absolute atomic E-state index is 0.0553. The smallest absolute Gasteiger partial charge is 0.0112 e. The van der Waals surface area contributed by atoms with Gasteiger partial charge in [-0.3, -0.25) is 0 Å². The van der Waals surface area contributed by atoms with Crippen molar-refractivity contribution in [2.45, 2.75) is 65.5 Å². The van der Waals surface area contributed by atoms with E-state index >= 15 is 0 Å². The molecule has 0 saturated heterocycles. The first-order chi connectivity index (χ1) is 6.35. The number of nitrogens with one attached hydrogen (secondary N) is 1. The number of hydrogen-bond donors (Lipinski definition) is 2. The van der Waals surface area contributed by atoms with E-state index < -0.39 is 0 Å². The topological polar surface area (TPSA) is 38.0 Å². The molecule has 0 aromatic carbocycles. The molecule has 0 fully saturated rings. The second-order valence-corrected chi connectivity index (χ2v) is 5.47. The highest BCUT2D eigenvalue weighted by atomic mass is 14.9. The van der Waals surface area contributed by atoms with Crippen molar-refractivity contribution in [3.8, 4) is 0 Å². The molecule has 0 radical (unpaired) electrons. The van der Waals surface area contributed by atoms with Crippen LogP contribution in [0.3, 0.4) is 0 Å². The van der Waals surface area contributed by atoms with Crippen LogP contribution in [0.25, 0.3) is 0 Å². The molecule has 0 aromatic heterocycles. The molecule has 2 heteroatoms. The van der Waals surface area contributed by atoms with Gasteiger partial charge in [0.15, 0.2) is 0 Å². The summed E-state index contributed by atoms with van der Waals surface area (Å²) in [5.41, 5.74) is 5.99. The molecule has 0 rings (SSSR count). The lowest BCUT2D eigenvalue weighted by Crippen LogP contribution is -2.42. The van der Waals surface area contributed by atoms with Crippen molar-refractivity contribution in [2.24, 2.45) is 11.7 Å². The van der Waals surface area contributed by atoms with Crippen LogP contribution in [0.4, 0.5) is 0 Å². The Hall–Kier alpha value is -0.0800. The zero-order chi connectivity index (χ0) is 11.2. The van der Waals surface area contributed by atoms with Crippen LogP contribution < -0.4 is 11.1 Å². The van der Waals surface area contributed by atoms with E-state index in [2.05, 4.69) is 39.9 Å². The summed E-state index contributed by atoms with van der Waals surface area (Å²) in [4.78, 5) is 0. The molecule has 0 bridgehead atoms. The summed E-state index contributed by atoms with van der Waals surface area (Å²) in [6, 6.07) is 0.579. The van der Waals surface area contributed by atoms with Crippen LogP contribution in [0.2, 0.25) is 0 Å². The summed E-state index contributed by atoms with van der Waals surface area (Å²) in [6.07, 6.45) is 3.48. The molecule has 0 amide bonds. The molecule has 0 spiro atoms.